The minimum Gasteiger partial charge on any atom is -0.295 e. The number of sulfonamides is 1. The summed E-state index contributed by atoms with van der Waals surface area (Å²) in [6.45, 7) is 2.68. The number of aromatic nitrogens is 1. The van der Waals surface area contributed by atoms with E-state index in [1.165, 1.54) is 6.07 Å². The molecule has 2 rings (SSSR count). The zero-order chi connectivity index (χ0) is 16.3. The Kier molecular flexibility index (Phi) is 5.18. The van der Waals surface area contributed by atoms with Gasteiger partial charge in [-0.15, -0.1) is 0 Å². The van der Waals surface area contributed by atoms with Gasteiger partial charge in [-0.05, 0) is 43.3 Å². The maximum atomic E-state index is 11.4. The van der Waals surface area contributed by atoms with Crippen molar-refractivity contribution in [2.75, 3.05) is 7.05 Å². The molecule has 22 heavy (non-hydrogen) atoms. The highest BCUT2D eigenvalue weighted by molar-refractivity contribution is 7.89. The summed E-state index contributed by atoms with van der Waals surface area (Å²) in [4.78, 5) is 6.27. The van der Waals surface area contributed by atoms with Gasteiger partial charge in [0.05, 0.1) is 4.90 Å². The molecule has 0 aliphatic heterocycles. The minimum absolute atomic E-state index is 0.0254. The molecule has 0 aliphatic rings. The average Bonchev–Trinajstić information content (AvgIpc) is 2.48. The first kappa shape index (κ1) is 16.9. The standard InChI is InChI=1S/C15H18ClN3O2S/c1-11(13-4-3-5-14(8-13)22(17,20)21)19(2)10-12-6-7-15(16)18-9-12/h3-9,11H,10H2,1-2H3,(H2,17,20,21)/t11-/m1/s1. The van der Waals surface area contributed by atoms with E-state index in [4.69, 9.17) is 16.7 Å². The van der Waals surface area contributed by atoms with Crippen LogP contribution < -0.4 is 5.14 Å². The minimum atomic E-state index is -3.69. The lowest BCUT2D eigenvalue weighted by molar-refractivity contribution is 0.252. The van der Waals surface area contributed by atoms with Gasteiger partial charge in [-0.25, -0.2) is 18.5 Å². The molecule has 1 aromatic carbocycles. The summed E-state index contributed by atoms with van der Waals surface area (Å²) in [5.74, 6) is 0. The average molecular weight is 340 g/mol. The van der Waals surface area contributed by atoms with E-state index in [0.29, 0.717) is 11.7 Å². The number of nitrogens with two attached hydrogens (primary N) is 1. The lowest BCUT2D eigenvalue weighted by Crippen LogP contribution is -2.22. The Balaban J connectivity index is 2.16. The molecular formula is C15H18ClN3O2S. The van der Waals surface area contributed by atoms with Gasteiger partial charge in [0.25, 0.3) is 0 Å². The van der Waals surface area contributed by atoms with Crippen LogP contribution in [-0.2, 0) is 16.6 Å². The molecule has 2 N–H and O–H groups in total. The molecule has 1 aromatic heterocycles. The van der Waals surface area contributed by atoms with E-state index < -0.39 is 10.0 Å². The molecule has 0 amide bonds. The van der Waals surface area contributed by atoms with Crippen LogP contribution in [0.3, 0.4) is 0 Å². The molecule has 0 aliphatic carbocycles. The largest absolute Gasteiger partial charge is 0.295 e. The molecule has 0 bridgehead atoms. The zero-order valence-electron chi connectivity index (χ0n) is 12.4. The summed E-state index contributed by atoms with van der Waals surface area (Å²) in [7, 11) is -1.73. The van der Waals surface area contributed by atoms with E-state index in [0.717, 1.165) is 11.1 Å². The second-order valence-electron chi connectivity index (χ2n) is 5.20. The van der Waals surface area contributed by atoms with Crippen molar-refractivity contribution < 1.29 is 8.42 Å². The van der Waals surface area contributed by atoms with Crippen molar-refractivity contribution in [3.05, 3.63) is 58.9 Å². The van der Waals surface area contributed by atoms with Gasteiger partial charge in [0.1, 0.15) is 5.15 Å². The predicted molar refractivity (Wildman–Crippen MR) is 86.9 cm³/mol. The molecule has 5 nitrogen and oxygen atoms in total. The van der Waals surface area contributed by atoms with Crippen LogP contribution in [0.2, 0.25) is 5.15 Å². The third-order valence-corrected chi connectivity index (χ3v) is 4.69. The molecule has 0 fully saturated rings. The number of benzene rings is 1. The lowest BCUT2D eigenvalue weighted by Gasteiger charge is -2.25. The van der Waals surface area contributed by atoms with Crippen molar-refractivity contribution in [2.24, 2.45) is 5.14 Å². The fourth-order valence-corrected chi connectivity index (χ4v) is 2.81. The highest BCUT2D eigenvalue weighted by atomic mass is 35.5. The summed E-state index contributed by atoms with van der Waals surface area (Å²) in [5.41, 5.74) is 1.91. The third kappa shape index (κ3) is 4.27. The van der Waals surface area contributed by atoms with Crippen LogP contribution in [-0.4, -0.2) is 25.3 Å². The highest BCUT2D eigenvalue weighted by Gasteiger charge is 2.15. The maximum absolute atomic E-state index is 11.4. The van der Waals surface area contributed by atoms with Gasteiger partial charge in [0.2, 0.25) is 10.0 Å². The second-order valence-corrected chi connectivity index (χ2v) is 7.15. The first-order chi connectivity index (χ1) is 10.3. The van der Waals surface area contributed by atoms with E-state index in [2.05, 4.69) is 9.88 Å². The normalized spacial score (nSPS) is 13.3. The first-order valence-electron chi connectivity index (χ1n) is 6.71. The van der Waals surface area contributed by atoms with Crippen LogP contribution in [0.5, 0.6) is 0 Å². The zero-order valence-corrected chi connectivity index (χ0v) is 14.0. The van der Waals surface area contributed by atoms with E-state index in [-0.39, 0.29) is 10.9 Å². The van der Waals surface area contributed by atoms with Crippen LogP contribution >= 0.6 is 11.6 Å². The Morgan fingerprint density at radius 3 is 2.64 bits per heavy atom. The van der Waals surface area contributed by atoms with Gasteiger partial charge < -0.3 is 0 Å². The number of nitrogens with zero attached hydrogens (tertiary/aromatic N) is 2. The smallest absolute Gasteiger partial charge is 0.238 e. The topological polar surface area (TPSA) is 76.3 Å². The van der Waals surface area contributed by atoms with E-state index in [1.807, 2.05) is 26.1 Å². The number of halogens is 1. The highest BCUT2D eigenvalue weighted by Crippen LogP contribution is 2.23. The van der Waals surface area contributed by atoms with Crippen molar-refractivity contribution in [2.45, 2.75) is 24.4 Å². The summed E-state index contributed by atoms with van der Waals surface area (Å²) < 4.78 is 22.9. The Bertz CT molecular complexity index is 748. The molecule has 2 aromatic rings. The molecule has 0 unspecified atom stereocenters. The van der Waals surface area contributed by atoms with E-state index in [1.54, 1.807) is 24.4 Å². The van der Waals surface area contributed by atoms with Gasteiger partial charge in [0, 0.05) is 18.8 Å². The molecule has 7 heteroatoms. The quantitative estimate of drug-likeness (QED) is 0.849. The second kappa shape index (κ2) is 6.75. The van der Waals surface area contributed by atoms with Crippen LogP contribution in [0.1, 0.15) is 24.1 Å². The van der Waals surface area contributed by atoms with Gasteiger partial charge in [0.15, 0.2) is 0 Å². The fraction of sp³-hybridized carbons (Fsp3) is 0.267. The van der Waals surface area contributed by atoms with Gasteiger partial charge >= 0.3 is 0 Å². The van der Waals surface area contributed by atoms with Crippen LogP contribution in [0.4, 0.5) is 0 Å². The summed E-state index contributed by atoms with van der Waals surface area (Å²) in [6, 6.07) is 10.4. The monoisotopic (exact) mass is 339 g/mol. The van der Waals surface area contributed by atoms with Crippen molar-refractivity contribution in [3.8, 4) is 0 Å². The lowest BCUT2D eigenvalue weighted by atomic mass is 10.1. The molecule has 0 spiro atoms. The van der Waals surface area contributed by atoms with Crippen molar-refractivity contribution in [3.63, 3.8) is 0 Å². The molecular weight excluding hydrogens is 322 g/mol. The van der Waals surface area contributed by atoms with Crippen molar-refractivity contribution >= 4 is 21.6 Å². The number of pyridine rings is 1. The summed E-state index contributed by atoms with van der Waals surface area (Å²) in [6.07, 6.45) is 1.73. The Morgan fingerprint density at radius 2 is 2.05 bits per heavy atom. The SMILES string of the molecule is C[C@H](c1cccc(S(N)(=O)=O)c1)N(C)Cc1ccc(Cl)nc1. The molecule has 0 saturated heterocycles. The molecule has 118 valence electrons. The molecule has 1 atom stereocenters. The van der Waals surface area contributed by atoms with Crippen LogP contribution in [0.25, 0.3) is 0 Å². The van der Waals surface area contributed by atoms with Gasteiger partial charge in [-0.3, -0.25) is 4.90 Å². The van der Waals surface area contributed by atoms with Gasteiger partial charge in [-0.2, -0.15) is 0 Å². The fourth-order valence-electron chi connectivity index (χ4n) is 2.13. The number of hydrogen-bond donors (Lipinski definition) is 1. The van der Waals surface area contributed by atoms with Crippen LogP contribution in [0, 0.1) is 0 Å². The summed E-state index contributed by atoms with van der Waals surface area (Å²) >= 11 is 5.77. The van der Waals surface area contributed by atoms with Crippen LogP contribution in [0.15, 0.2) is 47.5 Å². The number of primary sulfonamides is 1. The molecule has 1 heterocycles. The summed E-state index contributed by atoms with van der Waals surface area (Å²) in [5, 5.41) is 5.64. The maximum Gasteiger partial charge on any atom is 0.238 e. The first-order valence-corrected chi connectivity index (χ1v) is 8.63. The van der Waals surface area contributed by atoms with Crippen molar-refractivity contribution in [1.82, 2.24) is 9.88 Å². The van der Waals surface area contributed by atoms with Gasteiger partial charge in [-0.1, -0.05) is 29.8 Å². The third-order valence-electron chi connectivity index (χ3n) is 3.55. The molecule has 0 radical (unpaired) electrons. The van der Waals surface area contributed by atoms with E-state index >= 15 is 0 Å². The number of rotatable bonds is 5. The predicted octanol–water partition coefficient (Wildman–Crippen LogP) is 2.58. The van der Waals surface area contributed by atoms with E-state index in [9.17, 15) is 8.42 Å². The molecule has 0 saturated carbocycles. The van der Waals surface area contributed by atoms with Crippen molar-refractivity contribution in [1.29, 1.82) is 0 Å². The Morgan fingerprint density at radius 1 is 1.32 bits per heavy atom. The number of hydrogen-bond acceptors (Lipinski definition) is 4. The Labute approximate surface area is 135 Å². The Hall–Kier alpha value is -1.47.